The Kier molecular flexibility index (Phi) is 3.24. The molecule has 0 saturated heterocycles. The second-order valence-corrected chi connectivity index (χ2v) is 7.40. The number of nitrogens with one attached hydrogen (secondary N) is 1. The lowest BCUT2D eigenvalue weighted by atomic mass is 9.99. The lowest BCUT2D eigenvalue weighted by Crippen LogP contribution is -2.03. The third-order valence-corrected chi connectivity index (χ3v) is 4.92. The molecule has 24 heavy (non-hydrogen) atoms. The minimum atomic E-state index is -3.47. The van der Waals surface area contributed by atoms with Crippen LogP contribution in [0.1, 0.15) is 11.3 Å². The normalized spacial score (nSPS) is 13.2. The van der Waals surface area contributed by atoms with E-state index in [0.29, 0.717) is 17.7 Å². The quantitative estimate of drug-likeness (QED) is 0.768. The molecular formula is C15H12N6O2S. The fourth-order valence-electron chi connectivity index (χ4n) is 2.71. The van der Waals surface area contributed by atoms with Gasteiger partial charge in [0, 0.05) is 35.4 Å². The summed E-state index contributed by atoms with van der Waals surface area (Å²) in [5, 5.41) is 13.8. The number of hydrogen-bond donors (Lipinski definition) is 1. The third kappa shape index (κ3) is 2.38. The molecule has 3 heterocycles. The van der Waals surface area contributed by atoms with Gasteiger partial charge in [-0.1, -0.05) is 12.1 Å². The number of pyridine rings is 1. The van der Waals surface area contributed by atoms with Crippen molar-refractivity contribution < 1.29 is 8.42 Å². The van der Waals surface area contributed by atoms with Crippen molar-refractivity contribution in [3.05, 3.63) is 41.7 Å². The van der Waals surface area contributed by atoms with E-state index in [1.54, 1.807) is 18.5 Å². The zero-order chi connectivity index (χ0) is 16.7. The van der Waals surface area contributed by atoms with Gasteiger partial charge in [0.2, 0.25) is 5.82 Å². The third-order valence-electron chi connectivity index (χ3n) is 3.78. The molecule has 0 amide bonds. The van der Waals surface area contributed by atoms with Crippen molar-refractivity contribution in [3.63, 3.8) is 0 Å². The van der Waals surface area contributed by atoms with E-state index < -0.39 is 9.84 Å². The zero-order valence-corrected chi connectivity index (χ0v) is 13.4. The first-order valence-corrected chi connectivity index (χ1v) is 8.99. The Hall–Kier alpha value is -2.94. The molecule has 120 valence electrons. The number of aromatic nitrogens is 5. The van der Waals surface area contributed by atoms with E-state index in [4.69, 9.17) is 0 Å². The predicted molar refractivity (Wildman–Crippen MR) is 87.3 cm³/mol. The Labute approximate surface area is 137 Å². The van der Waals surface area contributed by atoms with E-state index in [1.807, 2.05) is 12.1 Å². The second kappa shape index (κ2) is 5.31. The monoisotopic (exact) mass is 340 g/mol. The first-order chi connectivity index (χ1) is 11.5. The van der Waals surface area contributed by atoms with Gasteiger partial charge in [-0.3, -0.25) is 9.98 Å². The molecular weight excluding hydrogens is 328 g/mol. The van der Waals surface area contributed by atoms with Crippen LogP contribution in [0.3, 0.4) is 0 Å². The minimum absolute atomic E-state index is 0.149. The molecule has 1 aliphatic heterocycles. The predicted octanol–water partition coefficient (Wildman–Crippen LogP) is 1.26. The Morgan fingerprint density at radius 2 is 2.12 bits per heavy atom. The average Bonchev–Trinajstić information content (AvgIpc) is 3.24. The van der Waals surface area contributed by atoms with Gasteiger partial charge in [0.25, 0.3) is 0 Å². The molecule has 8 nitrogen and oxygen atoms in total. The first-order valence-electron chi connectivity index (χ1n) is 7.10. The second-order valence-electron chi connectivity index (χ2n) is 5.42. The van der Waals surface area contributed by atoms with Crippen LogP contribution < -0.4 is 0 Å². The van der Waals surface area contributed by atoms with Crippen molar-refractivity contribution in [1.82, 2.24) is 25.6 Å². The maximum absolute atomic E-state index is 12.2. The summed E-state index contributed by atoms with van der Waals surface area (Å²) in [6.07, 6.45) is 4.63. The van der Waals surface area contributed by atoms with Crippen LogP contribution in [0.25, 0.3) is 22.5 Å². The van der Waals surface area contributed by atoms with Gasteiger partial charge in [0.05, 0.1) is 17.1 Å². The summed E-state index contributed by atoms with van der Waals surface area (Å²) in [4.78, 5) is 8.75. The van der Waals surface area contributed by atoms with E-state index in [1.165, 1.54) is 6.07 Å². The van der Waals surface area contributed by atoms with Gasteiger partial charge in [-0.25, -0.2) is 8.42 Å². The number of aliphatic imine (C=N–C) groups is 1. The minimum Gasteiger partial charge on any atom is -0.286 e. The summed E-state index contributed by atoms with van der Waals surface area (Å²) >= 11 is 0. The van der Waals surface area contributed by atoms with E-state index in [9.17, 15) is 8.42 Å². The maximum Gasteiger partial charge on any atom is 0.206 e. The van der Waals surface area contributed by atoms with Crippen molar-refractivity contribution in [2.75, 3.05) is 6.26 Å². The van der Waals surface area contributed by atoms with E-state index in [2.05, 4.69) is 30.6 Å². The molecule has 1 aromatic carbocycles. The van der Waals surface area contributed by atoms with Gasteiger partial charge in [0.15, 0.2) is 9.84 Å². The molecule has 0 fully saturated rings. The van der Waals surface area contributed by atoms with Crippen LogP contribution in [0.15, 0.2) is 40.4 Å². The maximum atomic E-state index is 12.2. The highest BCUT2D eigenvalue weighted by atomic mass is 32.2. The lowest BCUT2D eigenvalue weighted by molar-refractivity contribution is 0.602. The van der Waals surface area contributed by atoms with E-state index in [-0.39, 0.29) is 10.7 Å². The number of hydrogen-bond acceptors (Lipinski definition) is 7. The zero-order valence-electron chi connectivity index (χ0n) is 12.6. The highest BCUT2D eigenvalue weighted by Gasteiger charge is 2.22. The number of rotatable bonds is 3. The molecule has 1 N–H and O–H groups in total. The Balaban J connectivity index is 2.01. The molecule has 1 aliphatic rings. The van der Waals surface area contributed by atoms with Crippen LogP contribution in [-0.2, 0) is 16.4 Å². The number of nitrogens with zero attached hydrogens (tertiary/aromatic N) is 5. The number of sulfone groups is 1. The lowest BCUT2D eigenvalue weighted by Gasteiger charge is -2.12. The summed E-state index contributed by atoms with van der Waals surface area (Å²) in [7, 11) is -3.47. The summed E-state index contributed by atoms with van der Waals surface area (Å²) in [6.45, 7) is 0.566. The van der Waals surface area contributed by atoms with Gasteiger partial charge in [0.1, 0.15) is 0 Å². The molecule has 4 rings (SSSR count). The van der Waals surface area contributed by atoms with Crippen LogP contribution >= 0.6 is 0 Å². The first kappa shape index (κ1) is 14.6. The highest BCUT2D eigenvalue weighted by Crippen LogP contribution is 2.35. The van der Waals surface area contributed by atoms with Crippen LogP contribution in [-0.4, -0.2) is 46.5 Å². The molecule has 0 unspecified atom stereocenters. The van der Waals surface area contributed by atoms with Gasteiger partial charge in [-0.2, -0.15) is 5.21 Å². The summed E-state index contributed by atoms with van der Waals surface area (Å²) in [6, 6.07) is 6.98. The smallest absolute Gasteiger partial charge is 0.206 e. The number of fused-ring (bicyclic) bond motifs is 1. The van der Waals surface area contributed by atoms with Crippen LogP contribution in [0.2, 0.25) is 0 Å². The average molecular weight is 340 g/mol. The molecule has 0 atom stereocenters. The summed E-state index contributed by atoms with van der Waals surface area (Å²) in [5.41, 5.74) is 3.68. The molecule has 0 saturated carbocycles. The standard InChI is InChI=1S/C15H12N6O2S/c1-24(22,23)13-4-2-3-11(14(13)15-18-20-21-19-15)9-5-10-6-16-8-12(10)17-7-9/h2-7H,8H2,1H3,(H,18,19,20,21). The van der Waals surface area contributed by atoms with Crippen molar-refractivity contribution in [2.24, 2.45) is 4.99 Å². The number of tetrazole rings is 1. The molecule has 3 aromatic rings. The Bertz CT molecular complexity index is 1060. The Morgan fingerprint density at radius 3 is 2.88 bits per heavy atom. The van der Waals surface area contributed by atoms with Crippen molar-refractivity contribution in [3.8, 4) is 22.5 Å². The largest absolute Gasteiger partial charge is 0.286 e. The number of H-pyrrole nitrogens is 1. The molecule has 0 radical (unpaired) electrons. The van der Waals surface area contributed by atoms with Crippen LogP contribution in [0.4, 0.5) is 0 Å². The Morgan fingerprint density at radius 1 is 1.25 bits per heavy atom. The summed E-state index contributed by atoms with van der Waals surface area (Å²) in [5.74, 6) is 0.222. The van der Waals surface area contributed by atoms with Gasteiger partial charge in [-0.15, -0.1) is 10.2 Å². The van der Waals surface area contributed by atoms with Crippen molar-refractivity contribution in [1.29, 1.82) is 0 Å². The molecule has 2 aromatic heterocycles. The highest BCUT2D eigenvalue weighted by molar-refractivity contribution is 7.90. The molecule has 0 bridgehead atoms. The van der Waals surface area contributed by atoms with E-state index in [0.717, 1.165) is 23.1 Å². The summed E-state index contributed by atoms with van der Waals surface area (Å²) < 4.78 is 24.4. The fraction of sp³-hybridized carbons (Fsp3) is 0.133. The topological polar surface area (TPSA) is 114 Å². The fourth-order valence-corrected chi connectivity index (χ4v) is 3.61. The van der Waals surface area contributed by atoms with Gasteiger partial charge < -0.3 is 0 Å². The van der Waals surface area contributed by atoms with Gasteiger partial charge in [-0.05, 0) is 22.9 Å². The molecule has 0 aliphatic carbocycles. The van der Waals surface area contributed by atoms with Crippen LogP contribution in [0, 0.1) is 0 Å². The van der Waals surface area contributed by atoms with Crippen molar-refractivity contribution >= 4 is 16.1 Å². The van der Waals surface area contributed by atoms with Gasteiger partial charge >= 0.3 is 0 Å². The molecule has 0 spiro atoms. The molecule has 9 heteroatoms. The van der Waals surface area contributed by atoms with E-state index >= 15 is 0 Å². The number of aromatic amines is 1. The number of benzene rings is 1. The van der Waals surface area contributed by atoms with Crippen molar-refractivity contribution in [2.45, 2.75) is 11.4 Å². The SMILES string of the molecule is CS(=O)(=O)c1cccc(-c2cnc3c(c2)C=NC3)c1-c1nn[nH]n1. The van der Waals surface area contributed by atoms with Crippen LogP contribution in [0.5, 0.6) is 0 Å².